The average Bonchev–Trinajstić information content (AvgIpc) is 3.09. The van der Waals surface area contributed by atoms with E-state index in [0.29, 0.717) is 11.2 Å². The van der Waals surface area contributed by atoms with Crippen LogP contribution in [0.15, 0.2) is 66.9 Å². The maximum Gasteiger partial charge on any atom is 0.178 e. The highest BCUT2D eigenvalue weighted by atomic mass is 16.1. The van der Waals surface area contributed by atoms with Crippen molar-refractivity contribution in [3.63, 3.8) is 0 Å². The second kappa shape index (κ2) is 6.76. The van der Waals surface area contributed by atoms with Gasteiger partial charge in [0, 0.05) is 17.3 Å². The molecule has 2 heterocycles. The van der Waals surface area contributed by atoms with Crippen LogP contribution in [0.1, 0.15) is 28.7 Å². The monoisotopic (exact) mass is 339 g/mol. The molecule has 0 saturated heterocycles. The number of pyridine rings is 1. The van der Waals surface area contributed by atoms with Gasteiger partial charge in [0.05, 0.1) is 5.52 Å². The minimum atomic E-state index is 0.0387. The number of Topliss-reactive ketones (excluding diaryl/α,β-unsaturated/α-hetero) is 1. The summed E-state index contributed by atoms with van der Waals surface area (Å²) in [6, 6.07) is 19.6. The molecule has 0 saturated carbocycles. The van der Waals surface area contributed by atoms with Crippen molar-refractivity contribution in [2.45, 2.75) is 6.92 Å². The van der Waals surface area contributed by atoms with Gasteiger partial charge in [0.1, 0.15) is 5.82 Å². The summed E-state index contributed by atoms with van der Waals surface area (Å²) >= 11 is 0. The van der Waals surface area contributed by atoms with E-state index >= 15 is 0 Å². The van der Waals surface area contributed by atoms with Gasteiger partial charge in [-0.2, -0.15) is 0 Å². The molecule has 4 heteroatoms. The summed E-state index contributed by atoms with van der Waals surface area (Å²) in [5, 5.41) is 0. The van der Waals surface area contributed by atoms with Crippen molar-refractivity contribution < 1.29 is 4.79 Å². The van der Waals surface area contributed by atoms with E-state index in [-0.39, 0.29) is 5.78 Å². The summed E-state index contributed by atoms with van der Waals surface area (Å²) in [6.45, 7) is 1.58. The third-order valence-corrected chi connectivity index (χ3v) is 4.21. The van der Waals surface area contributed by atoms with Gasteiger partial charge in [0.2, 0.25) is 0 Å². The van der Waals surface area contributed by atoms with Crippen LogP contribution < -0.4 is 0 Å². The van der Waals surface area contributed by atoms with Gasteiger partial charge in [-0.25, -0.2) is 9.97 Å². The second-order valence-corrected chi connectivity index (χ2v) is 6.06. The number of nitrogens with zero attached hydrogens (tertiary/aromatic N) is 2. The largest absolute Gasteiger partial charge is 0.337 e. The minimum absolute atomic E-state index is 0.0387. The molecule has 0 spiro atoms. The summed E-state index contributed by atoms with van der Waals surface area (Å²) < 4.78 is 0. The van der Waals surface area contributed by atoms with Crippen LogP contribution in [0.5, 0.6) is 0 Å². The fourth-order valence-corrected chi connectivity index (χ4v) is 2.93. The quantitative estimate of drug-likeness (QED) is 0.532. The SMILES string of the molecule is CC(=O)c1ccccc1-c1cnc2nc(C=Cc3ccccc3)[nH]c2c1. The van der Waals surface area contributed by atoms with Crippen LogP contribution in [0, 0.1) is 0 Å². The number of carbonyl (C=O) groups is 1. The first kappa shape index (κ1) is 16.0. The Bertz CT molecular complexity index is 1110. The third kappa shape index (κ3) is 3.17. The lowest BCUT2D eigenvalue weighted by Crippen LogP contribution is -1.96. The smallest absolute Gasteiger partial charge is 0.178 e. The number of nitrogens with one attached hydrogen (secondary N) is 1. The van der Waals surface area contributed by atoms with Crippen LogP contribution >= 0.6 is 0 Å². The van der Waals surface area contributed by atoms with Crippen molar-refractivity contribution in [3.05, 3.63) is 83.8 Å². The topological polar surface area (TPSA) is 58.6 Å². The number of hydrogen-bond donors (Lipinski definition) is 1. The van der Waals surface area contributed by atoms with Crippen LogP contribution in [-0.2, 0) is 0 Å². The summed E-state index contributed by atoms with van der Waals surface area (Å²) in [5.74, 6) is 0.783. The first-order chi connectivity index (χ1) is 12.7. The number of aromatic nitrogens is 3. The summed E-state index contributed by atoms with van der Waals surface area (Å²) in [6.07, 6.45) is 5.69. The molecule has 4 aromatic rings. The Morgan fingerprint density at radius 1 is 1.00 bits per heavy atom. The Hall–Kier alpha value is -3.53. The van der Waals surface area contributed by atoms with Crippen molar-refractivity contribution in [1.29, 1.82) is 0 Å². The lowest BCUT2D eigenvalue weighted by molar-refractivity contribution is 0.101. The van der Waals surface area contributed by atoms with Crippen LogP contribution in [0.3, 0.4) is 0 Å². The van der Waals surface area contributed by atoms with Gasteiger partial charge in [-0.3, -0.25) is 4.79 Å². The van der Waals surface area contributed by atoms with E-state index in [4.69, 9.17) is 0 Å². The second-order valence-electron chi connectivity index (χ2n) is 6.06. The Labute approximate surface area is 151 Å². The highest BCUT2D eigenvalue weighted by Gasteiger charge is 2.10. The van der Waals surface area contributed by atoms with Crippen molar-refractivity contribution in [2.75, 3.05) is 0 Å². The van der Waals surface area contributed by atoms with Crippen molar-refractivity contribution >= 4 is 29.1 Å². The number of carbonyl (C=O) groups excluding carboxylic acids is 1. The Morgan fingerprint density at radius 2 is 1.77 bits per heavy atom. The van der Waals surface area contributed by atoms with Gasteiger partial charge >= 0.3 is 0 Å². The number of imidazole rings is 1. The highest BCUT2D eigenvalue weighted by Crippen LogP contribution is 2.26. The molecule has 0 unspecified atom stereocenters. The van der Waals surface area contributed by atoms with E-state index in [2.05, 4.69) is 15.0 Å². The number of aromatic amines is 1. The van der Waals surface area contributed by atoms with E-state index in [1.807, 2.05) is 72.8 Å². The maximum atomic E-state index is 11.9. The number of H-pyrrole nitrogens is 1. The van der Waals surface area contributed by atoms with E-state index in [0.717, 1.165) is 28.0 Å². The predicted octanol–water partition coefficient (Wildman–Crippen LogP) is 5.00. The molecule has 4 rings (SSSR count). The van der Waals surface area contributed by atoms with Crippen molar-refractivity contribution in [3.8, 4) is 11.1 Å². The number of rotatable bonds is 4. The van der Waals surface area contributed by atoms with Gasteiger partial charge in [-0.15, -0.1) is 0 Å². The average molecular weight is 339 g/mol. The molecule has 0 aliphatic rings. The molecule has 0 amide bonds. The molecule has 126 valence electrons. The van der Waals surface area contributed by atoms with Gasteiger partial charge in [0.25, 0.3) is 0 Å². The van der Waals surface area contributed by atoms with Crippen molar-refractivity contribution in [2.24, 2.45) is 0 Å². The number of hydrogen-bond acceptors (Lipinski definition) is 3. The zero-order valence-corrected chi connectivity index (χ0v) is 14.3. The summed E-state index contributed by atoms with van der Waals surface area (Å²) in [7, 11) is 0. The molecule has 0 fully saturated rings. The molecule has 0 atom stereocenters. The fourth-order valence-electron chi connectivity index (χ4n) is 2.93. The summed E-state index contributed by atoms with van der Waals surface area (Å²) in [4.78, 5) is 24.1. The van der Waals surface area contributed by atoms with Crippen LogP contribution in [0.25, 0.3) is 34.4 Å². The van der Waals surface area contributed by atoms with Gasteiger partial charge in [-0.1, -0.05) is 60.7 Å². The first-order valence-electron chi connectivity index (χ1n) is 8.40. The van der Waals surface area contributed by atoms with Gasteiger partial charge in [-0.05, 0) is 30.2 Å². The van der Waals surface area contributed by atoms with Gasteiger partial charge < -0.3 is 4.98 Å². The molecule has 0 bridgehead atoms. The zero-order chi connectivity index (χ0) is 17.9. The molecule has 4 nitrogen and oxygen atoms in total. The Balaban J connectivity index is 1.71. The molecule has 1 N–H and O–H groups in total. The lowest BCUT2D eigenvalue weighted by Gasteiger charge is -2.06. The molecule has 0 radical (unpaired) electrons. The number of fused-ring (bicyclic) bond motifs is 1. The van der Waals surface area contributed by atoms with Crippen LogP contribution in [0.4, 0.5) is 0 Å². The Morgan fingerprint density at radius 3 is 2.58 bits per heavy atom. The minimum Gasteiger partial charge on any atom is -0.337 e. The normalized spacial score (nSPS) is 11.3. The van der Waals surface area contributed by atoms with Crippen LogP contribution in [0.2, 0.25) is 0 Å². The Kier molecular flexibility index (Phi) is 4.15. The highest BCUT2D eigenvalue weighted by molar-refractivity contribution is 6.01. The maximum absolute atomic E-state index is 11.9. The number of ketones is 1. The molecular weight excluding hydrogens is 322 g/mol. The number of benzene rings is 2. The molecule has 0 aliphatic heterocycles. The van der Waals surface area contributed by atoms with E-state index in [9.17, 15) is 4.79 Å². The standard InChI is InChI=1S/C22H17N3O/c1-15(26)18-9-5-6-10-19(18)17-13-20-22(23-14-17)25-21(24-20)12-11-16-7-3-2-4-8-16/h2-14H,1H3,(H,23,24,25). The molecule has 2 aromatic carbocycles. The van der Waals surface area contributed by atoms with E-state index in [1.165, 1.54) is 0 Å². The molecule has 0 aliphatic carbocycles. The lowest BCUT2D eigenvalue weighted by atomic mass is 9.99. The van der Waals surface area contributed by atoms with E-state index in [1.54, 1.807) is 13.1 Å². The molecular formula is C22H17N3O. The molecule has 26 heavy (non-hydrogen) atoms. The zero-order valence-electron chi connectivity index (χ0n) is 14.3. The van der Waals surface area contributed by atoms with E-state index < -0.39 is 0 Å². The third-order valence-electron chi connectivity index (χ3n) is 4.21. The van der Waals surface area contributed by atoms with Gasteiger partial charge in [0.15, 0.2) is 11.4 Å². The fraction of sp³-hybridized carbons (Fsp3) is 0.0455. The first-order valence-corrected chi connectivity index (χ1v) is 8.40. The molecule has 2 aromatic heterocycles. The van der Waals surface area contributed by atoms with Crippen molar-refractivity contribution in [1.82, 2.24) is 15.0 Å². The summed E-state index contributed by atoms with van der Waals surface area (Å²) in [5.41, 5.74) is 5.07. The van der Waals surface area contributed by atoms with Crippen LogP contribution in [-0.4, -0.2) is 20.7 Å². The predicted molar refractivity (Wildman–Crippen MR) is 105 cm³/mol.